The van der Waals surface area contributed by atoms with E-state index in [4.69, 9.17) is 0 Å². The van der Waals surface area contributed by atoms with E-state index in [-0.39, 0.29) is 17.8 Å². The lowest BCUT2D eigenvalue weighted by atomic mass is 10.2. The summed E-state index contributed by atoms with van der Waals surface area (Å²) in [6, 6.07) is 11.1. The van der Waals surface area contributed by atoms with Gasteiger partial charge in [0.05, 0.1) is 28.6 Å². The smallest absolute Gasteiger partial charge is 0.261 e. The molecule has 0 unspecified atom stereocenters. The van der Waals surface area contributed by atoms with E-state index >= 15 is 0 Å². The zero-order chi connectivity index (χ0) is 18.0. The Hall–Kier alpha value is -3.22. The van der Waals surface area contributed by atoms with Crippen LogP contribution in [0.25, 0.3) is 10.9 Å². The van der Waals surface area contributed by atoms with Crippen LogP contribution in [0.3, 0.4) is 0 Å². The number of nitrogens with zero attached hydrogens (tertiary/aromatic N) is 3. The normalized spacial score (nSPS) is 10.7. The van der Waals surface area contributed by atoms with Crippen molar-refractivity contribution in [2.24, 2.45) is 0 Å². The van der Waals surface area contributed by atoms with E-state index < -0.39 is 11.4 Å². The first kappa shape index (κ1) is 16.6. The van der Waals surface area contributed by atoms with Gasteiger partial charge in [-0.25, -0.2) is 9.37 Å². The average Bonchev–Trinajstić information content (AvgIpc) is 2.58. The van der Waals surface area contributed by atoms with Gasteiger partial charge < -0.3 is 10.2 Å². The molecule has 0 bridgehead atoms. The van der Waals surface area contributed by atoms with E-state index in [1.54, 1.807) is 6.07 Å². The van der Waals surface area contributed by atoms with E-state index in [1.165, 1.54) is 18.5 Å². The van der Waals surface area contributed by atoms with Crippen molar-refractivity contribution in [1.29, 1.82) is 0 Å². The first-order valence-corrected chi connectivity index (χ1v) is 7.66. The van der Waals surface area contributed by atoms with Gasteiger partial charge in [0.1, 0.15) is 12.4 Å². The van der Waals surface area contributed by atoms with E-state index in [0.717, 1.165) is 16.3 Å². The van der Waals surface area contributed by atoms with Crippen LogP contribution in [0.5, 0.6) is 0 Å². The number of aromatic nitrogens is 2. The van der Waals surface area contributed by atoms with Gasteiger partial charge in [-0.2, -0.15) is 0 Å². The highest BCUT2D eigenvalue weighted by Crippen LogP contribution is 2.23. The van der Waals surface area contributed by atoms with E-state index in [1.807, 2.05) is 37.2 Å². The number of hydrogen-bond acceptors (Lipinski definition) is 4. The third-order valence-corrected chi connectivity index (χ3v) is 3.76. The standard InChI is InChI=1S/C18H17FN4O2/c1-22(2)16-6-4-3-5-15(16)21-17(24)10-23-11-20-14-8-7-12(19)9-13(14)18(23)25/h3-9,11H,10H2,1-2H3,(H,21,24). The summed E-state index contributed by atoms with van der Waals surface area (Å²) in [7, 11) is 3.74. The van der Waals surface area contributed by atoms with Crippen molar-refractivity contribution in [2.45, 2.75) is 6.54 Å². The van der Waals surface area contributed by atoms with Crippen LogP contribution < -0.4 is 15.8 Å². The summed E-state index contributed by atoms with van der Waals surface area (Å²) in [6.45, 7) is -0.208. The molecule has 0 aliphatic rings. The van der Waals surface area contributed by atoms with Crippen LogP contribution in [0.15, 0.2) is 53.6 Å². The minimum absolute atomic E-state index is 0.143. The molecule has 0 saturated carbocycles. The number of benzene rings is 2. The fraction of sp³-hybridized carbons (Fsp3) is 0.167. The molecule has 7 heteroatoms. The van der Waals surface area contributed by atoms with Gasteiger partial charge in [0, 0.05) is 14.1 Å². The van der Waals surface area contributed by atoms with Crippen LogP contribution >= 0.6 is 0 Å². The molecule has 0 spiro atoms. The molecule has 0 aliphatic heterocycles. The first-order valence-electron chi connectivity index (χ1n) is 7.66. The molecule has 1 amide bonds. The van der Waals surface area contributed by atoms with Gasteiger partial charge in [-0.3, -0.25) is 14.2 Å². The van der Waals surface area contributed by atoms with Gasteiger partial charge in [-0.1, -0.05) is 12.1 Å². The maximum atomic E-state index is 13.4. The Kier molecular flexibility index (Phi) is 4.47. The Morgan fingerprint density at radius 2 is 2.00 bits per heavy atom. The molecule has 1 aromatic heterocycles. The average molecular weight is 340 g/mol. The zero-order valence-corrected chi connectivity index (χ0v) is 13.9. The molecular weight excluding hydrogens is 323 g/mol. The predicted octanol–water partition coefficient (Wildman–Crippen LogP) is 2.24. The van der Waals surface area contributed by atoms with Gasteiger partial charge >= 0.3 is 0 Å². The summed E-state index contributed by atoms with van der Waals surface area (Å²) in [5.74, 6) is -0.887. The molecule has 128 valence electrons. The number of nitrogens with one attached hydrogen (secondary N) is 1. The van der Waals surface area contributed by atoms with Crippen LogP contribution in [0, 0.1) is 5.82 Å². The van der Waals surface area contributed by atoms with Gasteiger partial charge in [0.25, 0.3) is 5.56 Å². The predicted molar refractivity (Wildman–Crippen MR) is 95.4 cm³/mol. The van der Waals surface area contributed by atoms with Gasteiger partial charge in [-0.05, 0) is 30.3 Å². The summed E-state index contributed by atoms with van der Waals surface area (Å²) in [5.41, 5.74) is 1.42. The second kappa shape index (κ2) is 6.72. The number of para-hydroxylation sites is 2. The largest absolute Gasteiger partial charge is 0.376 e. The second-order valence-corrected chi connectivity index (χ2v) is 5.80. The Labute approximate surface area is 143 Å². The molecule has 0 aliphatic carbocycles. The summed E-state index contributed by atoms with van der Waals surface area (Å²) in [6.07, 6.45) is 1.29. The molecule has 1 heterocycles. The van der Waals surface area contributed by atoms with E-state index in [0.29, 0.717) is 11.2 Å². The fourth-order valence-electron chi connectivity index (χ4n) is 2.56. The molecule has 0 fully saturated rings. The highest BCUT2D eigenvalue weighted by molar-refractivity contribution is 5.94. The van der Waals surface area contributed by atoms with Crippen LogP contribution in [0.4, 0.5) is 15.8 Å². The summed E-state index contributed by atoms with van der Waals surface area (Å²) >= 11 is 0. The molecule has 2 aromatic carbocycles. The van der Waals surface area contributed by atoms with Crippen molar-refractivity contribution < 1.29 is 9.18 Å². The van der Waals surface area contributed by atoms with Gasteiger partial charge in [0.2, 0.25) is 5.91 Å². The third kappa shape index (κ3) is 3.50. The maximum absolute atomic E-state index is 13.4. The monoisotopic (exact) mass is 340 g/mol. The lowest BCUT2D eigenvalue weighted by molar-refractivity contribution is -0.116. The highest BCUT2D eigenvalue weighted by atomic mass is 19.1. The van der Waals surface area contributed by atoms with Crippen molar-refractivity contribution in [3.63, 3.8) is 0 Å². The number of hydrogen-bond donors (Lipinski definition) is 1. The molecule has 1 N–H and O–H groups in total. The number of rotatable bonds is 4. The fourth-order valence-corrected chi connectivity index (χ4v) is 2.56. The van der Waals surface area contributed by atoms with Crippen LogP contribution in [0.1, 0.15) is 0 Å². The van der Waals surface area contributed by atoms with Crippen molar-refractivity contribution in [2.75, 3.05) is 24.3 Å². The van der Waals surface area contributed by atoms with Crippen LogP contribution in [0.2, 0.25) is 0 Å². The molecule has 3 rings (SSSR count). The van der Waals surface area contributed by atoms with E-state index in [2.05, 4.69) is 10.3 Å². The quantitative estimate of drug-likeness (QED) is 0.791. The molecule has 6 nitrogen and oxygen atoms in total. The molecule has 0 radical (unpaired) electrons. The number of carbonyl (C=O) groups is 1. The van der Waals surface area contributed by atoms with Gasteiger partial charge in [-0.15, -0.1) is 0 Å². The van der Waals surface area contributed by atoms with E-state index in [9.17, 15) is 14.0 Å². The minimum Gasteiger partial charge on any atom is -0.376 e. The lowest BCUT2D eigenvalue weighted by Crippen LogP contribution is -2.28. The number of fused-ring (bicyclic) bond motifs is 1. The number of halogens is 1. The molecule has 3 aromatic rings. The third-order valence-electron chi connectivity index (χ3n) is 3.76. The summed E-state index contributed by atoms with van der Waals surface area (Å²) in [5, 5.41) is 2.93. The zero-order valence-electron chi connectivity index (χ0n) is 13.9. The lowest BCUT2D eigenvalue weighted by Gasteiger charge is -2.17. The number of anilines is 2. The Balaban J connectivity index is 1.86. The molecule has 25 heavy (non-hydrogen) atoms. The SMILES string of the molecule is CN(C)c1ccccc1NC(=O)Cn1cnc2ccc(F)cc2c1=O. The number of amides is 1. The Morgan fingerprint density at radius 3 is 2.76 bits per heavy atom. The molecule has 0 atom stereocenters. The summed E-state index contributed by atoms with van der Waals surface area (Å²) in [4.78, 5) is 30.7. The minimum atomic E-state index is -0.520. The topological polar surface area (TPSA) is 67.2 Å². The Morgan fingerprint density at radius 1 is 1.24 bits per heavy atom. The maximum Gasteiger partial charge on any atom is 0.261 e. The second-order valence-electron chi connectivity index (χ2n) is 5.80. The van der Waals surface area contributed by atoms with Gasteiger partial charge in [0.15, 0.2) is 0 Å². The Bertz CT molecular complexity index is 998. The first-order chi connectivity index (χ1) is 12.0. The van der Waals surface area contributed by atoms with Crippen LogP contribution in [-0.4, -0.2) is 29.6 Å². The van der Waals surface area contributed by atoms with Crippen molar-refractivity contribution >= 4 is 28.2 Å². The molecule has 0 saturated heterocycles. The summed E-state index contributed by atoms with van der Waals surface area (Å²) < 4.78 is 14.5. The number of carbonyl (C=O) groups excluding carboxylic acids is 1. The van der Waals surface area contributed by atoms with Crippen molar-refractivity contribution in [3.8, 4) is 0 Å². The van der Waals surface area contributed by atoms with Crippen molar-refractivity contribution in [3.05, 3.63) is 65.0 Å². The highest BCUT2D eigenvalue weighted by Gasteiger charge is 2.11. The molecular formula is C18H17FN4O2. The van der Waals surface area contributed by atoms with Crippen molar-refractivity contribution in [1.82, 2.24) is 9.55 Å². The van der Waals surface area contributed by atoms with Crippen LogP contribution in [-0.2, 0) is 11.3 Å².